The summed E-state index contributed by atoms with van der Waals surface area (Å²) in [5.41, 5.74) is -1.02. The molecule has 0 radical (unpaired) electrons. The van der Waals surface area contributed by atoms with Crippen molar-refractivity contribution in [3.8, 4) is 0 Å². The number of anilines is 1. The van der Waals surface area contributed by atoms with Crippen LogP contribution in [0.15, 0.2) is 0 Å². The highest BCUT2D eigenvalue weighted by molar-refractivity contribution is 5.47. The number of ether oxygens (including phenoxy) is 1. The summed E-state index contributed by atoms with van der Waals surface area (Å²) in [6.07, 6.45) is 0. The molecule has 19 heavy (non-hydrogen) atoms. The van der Waals surface area contributed by atoms with Crippen molar-refractivity contribution >= 4 is 5.69 Å². The predicted octanol–water partition coefficient (Wildman–Crippen LogP) is 2.03. The maximum absolute atomic E-state index is 13.2. The molecule has 0 unspecified atom stereocenters. The number of benzene rings is 1. The van der Waals surface area contributed by atoms with E-state index in [9.17, 15) is 22.0 Å². The molecule has 0 aromatic heterocycles. The van der Waals surface area contributed by atoms with Gasteiger partial charge in [-0.1, -0.05) is 0 Å². The molecule has 0 saturated heterocycles. The lowest BCUT2D eigenvalue weighted by atomic mass is 10.2. The topological polar surface area (TPSA) is 33.3 Å². The maximum atomic E-state index is 13.2. The first-order valence-electron chi connectivity index (χ1n) is 5.45. The molecule has 1 aromatic carbocycles. The molecule has 2 N–H and O–H groups in total. The third-order valence-electron chi connectivity index (χ3n) is 2.30. The number of nitrogens with one attached hydrogen (secondary N) is 2. The average Bonchev–Trinajstić information content (AvgIpc) is 2.41. The van der Waals surface area contributed by atoms with Crippen molar-refractivity contribution < 1.29 is 26.7 Å². The zero-order valence-electron chi connectivity index (χ0n) is 10.1. The standard InChI is InChI=1S/C11H13F5N2O/c1-19-5-4-17-2-3-18-11-9(15)7(13)6(12)8(14)10(11)16/h17-18H,2-5H2,1H3. The van der Waals surface area contributed by atoms with Crippen LogP contribution in [0.4, 0.5) is 27.6 Å². The van der Waals surface area contributed by atoms with E-state index >= 15 is 0 Å². The Bertz CT molecular complexity index is 413. The molecule has 1 rings (SSSR count). The molecular formula is C11H13F5N2O. The first-order chi connectivity index (χ1) is 9.00. The average molecular weight is 284 g/mol. The summed E-state index contributed by atoms with van der Waals surface area (Å²) in [6.45, 7) is 1.24. The van der Waals surface area contributed by atoms with Crippen molar-refractivity contribution in [3.63, 3.8) is 0 Å². The molecule has 0 aliphatic carbocycles. The fraction of sp³-hybridized carbons (Fsp3) is 0.455. The Hall–Kier alpha value is -1.41. The highest BCUT2D eigenvalue weighted by Gasteiger charge is 2.25. The van der Waals surface area contributed by atoms with Gasteiger partial charge in [0.2, 0.25) is 5.82 Å². The third kappa shape index (κ3) is 3.77. The number of hydrogen-bond acceptors (Lipinski definition) is 3. The fourth-order valence-corrected chi connectivity index (χ4v) is 1.34. The van der Waals surface area contributed by atoms with Crippen LogP contribution >= 0.6 is 0 Å². The minimum absolute atomic E-state index is 0.00205. The largest absolute Gasteiger partial charge is 0.383 e. The van der Waals surface area contributed by atoms with Crippen LogP contribution in [0.1, 0.15) is 0 Å². The second-order valence-electron chi connectivity index (χ2n) is 3.61. The lowest BCUT2D eigenvalue weighted by Gasteiger charge is -2.11. The van der Waals surface area contributed by atoms with Gasteiger partial charge in [0.15, 0.2) is 23.3 Å². The molecule has 0 fully saturated rings. The van der Waals surface area contributed by atoms with Gasteiger partial charge in [0, 0.05) is 26.7 Å². The lowest BCUT2D eigenvalue weighted by molar-refractivity contribution is 0.200. The van der Waals surface area contributed by atoms with Crippen LogP contribution < -0.4 is 10.6 Å². The van der Waals surface area contributed by atoms with Gasteiger partial charge in [-0.25, -0.2) is 22.0 Å². The monoisotopic (exact) mass is 284 g/mol. The Morgan fingerprint density at radius 1 is 0.789 bits per heavy atom. The van der Waals surface area contributed by atoms with E-state index in [1.165, 1.54) is 7.11 Å². The first kappa shape index (κ1) is 15.6. The van der Waals surface area contributed by atoms with Crippen molar-refractivity contribution in [2.45, 2.75) is 0 Å². The van der Waals surface area contributed by atoms with E-state index in [1.54, 1.807) is 0 Å². The van der Waals surface area contributed by atoms with Gasteiger partial charge in [-0.3, -0.25) is 0 Å². The Morgan fingerprint density at radius 2 is 1.32 bits per heavy atom. The van der Waals surface area contributed by atoms with E-state index in [4.69, 9.17) is 4.74 Å². The Kier molecular flexibility index (Phi) is 5.97. The molecule has 8 heteroatoms. The van der Waals surface area contributed by atoms with Crippen LogP contribution in [0.2, 0.25) is 0 Å². The van der Waals surface area contributed by atoms with Crippen LogP contribution in [0, 0.1) is 29.1 Å². The van der Waals surface area contributed by atoms with Gasteiger partial charge in [0.25, 0.3) is 0 Å². The molecule has 0 aliphatic heterocycles. The van der Waals surface area contributed by atoms with E-state index in [1.807, 2.05) is 0 Å². The molecule has 0 atom stereocenters. The molecule has 0 saturated carbocycles. The number of rotatable bonds is 7. The van der Waals surface area contributed by atoms with E-state index < -0.39 is 34.8 Å². The molecule has 0 aliphatic rings. The summed E-state index contributed by atoms with van der Waals surface area (Å²) in [4.78, 5) is 0. The van der Waals surface area contributed by atoms with Gasteiger partial charge in [0.1, 0.15) is 5.69 Å². The van der Waals surface area contributed by atoms with E-state index in [0.717, 1.165) is 0 Å². The quantitative estimate of drug-likeness (QED) is 0.348. The molecule has 0 spiro atoms. The second kappa shape index (κ2) is 7.25. The summed E-state index contributed by atoms with van der Waals surface area (Å²) < 4.78 is 69.6. The lowest BCUT2D eigenvalue weighted by Crippen LogP contribution is -2.26. The van der Waals surface area contributed by atoms with Crippen molar-refractivity contribution in [1.29, 1.82) is 0 Å². The van der Waals surface area contributed by atoms with Crippen molar-refractivity contribution in [1.82, 2.24) is 5.32 Å². The molecular weight excluding hydrogens is 271 g/mol. The van der Waals surface area contributed by atoms with Gasteiger partial charge in [-0.15, -0.1) is 0 Å². The Morgan fingerprint density at radius 3 is 1.84 bits per heavy atom. The smallest absolute Gasteiger partial charge is 0.200 e. The summed E-state index contributed by atoms with van der Waals surface area (Å²) in [6, 6.07) is 0. The fourth-order valence-electron chi connectivity index (χ4n) is 1.34. The van der Waals surface area contributed by atoms with Gasteiger partial charge < -0.3 is 15.4 Å². The van der Waals surface area contributed by atoms with Crippen molar-refractivity contribution in [2.24, 2.45) is 0 Å². The van der Waals surface area contributed by atoms with Crippen LogP contribution in [0.25, 0.3) is 0 Å². The van der Waals surface area contributed by atoms with E-state index in [0.29, 0.717) is 13.2 Å². The Balaban J connectivity index is 2.64. The number of halogens is 5. The van der Waals surface area contributed by atoms with Crippen LogP contribution in [-0.4, -0.2) is 33.4 Å². The molecule has 3 nitrogen and oxygen atoms in total. The minimum Gasteiger partial charge on any atom is -0.383 e. The molecule has 0 bridgehead atoms. The van der Waals surface area contributed by atoms with Gasteiger partial charge in [-0.2, -0.15) is 0 Å². The van der Waals surface area contributed by atoms with Gasteiger partial charge in [0.05, 0.1) is 6.61 Å². The van der Waals surface area contributed by atoms with Crippen molar-refractivity contribution in [3.05, 3.63) is 29.1 Å². The zero-order valence-corrected chi connectivity index (χ0v) is 10.1. The van der Waals surface area contributed by atoms with E-state index in [2.05, 4.69) is 10.6 Å². The first-order valence-corrected chi connectivity index (χ1v) is 5.45. The number of hydrogen-bond donors (Lipinski definition) is 2. The normalized spacial score (nSPS) is 10.8. The molecule has 0 amide bonds. The van der Waals surface area contributed by atoms with E-state index in [-0.39, 0.29) is 13.1 Å². The summed E-state index contributed by atoms with van der Waals surface area (Å²) in [5.74, 6) is -9.83. The molecule has 108 valence electrons. The third-order valence-corrected chi connectivity index (χ3v) is 2.30. The highest BCUT2D eigenvalue weighted by atomic mass is 19.2. The van der Waals surface area contributed by atoms with Gasteiger partial charge in [-0.05, 0) is 0 Å². The van der Waals surface area contributed by atoms with Gasteiger partial charge >= 0.3 is 0 Å². The molecule has 1 aromatic rings. The molecule has 0 heterocycles. The van der Waals surface area contributed by atoms with Crippen molar-refractivity contribution in [2.75, 3.05) is 38.7 Å². The van der Waals surface area contributed by atoms with Crippen LogP contribution in [0.5, 0.6) is 0 Å². The summed E-state index contributed by atoms with van der Waals surface area (Å²) >= 11 is 0. The summed E-state index contributed by atoms with van der Waals surface area (Å²) in [5, 5.41) is 5.01. The zero-order chi connectivity index (χ0) is 14.4. The maximum Gasteiger partial charge on any atom is 0.200 e. The van der Waals surface area contributed by atoms with Crippen LogP contribution in [0.3, 0.4) is 0 Å². The predicted molar refractivity (Wildman–Crippen MR) is 59.5 cm³/mol. The number of methoxy groups -OCH3 is 1. The second-order valence-corrected chi connectivity index (χ2v) is 3.61. The highest BCUT2D eigenvalue weighted by Crippen LogP contribution is 2.26. The van der Waals surface area contributed by atoms with Crippen LogP contribution in [-0.2, 0) is 4.74 Å². The minimum atomic E-state index is -2.17. The Labute approximate surface area is 106 Å². The summed E-state index contributed by atoms with van der Waals surface area (Å²) in [7, 11) is 1.51. The SMILES string of the molecule is COCCNCCNc1c(F)c(F)c(F)c(F)c1F.